The van der Waals surface area contributed by atoms with Crippen molar-refractivity contribution in [3.63, 3.8) is 0 Å². The molecule has 1 nitrogen and oxygen atoms in total. The summed E-state index contributed by atoms with van der Waals surface area (Å²) in [6.07, 6.45) is 9.43. The molecule has 74 valence electrons. The number of nitrogens with two attached hydrogens (primary N) is 1. The Morgan fingerprint density at radius 1 is 1.08 bits per heavy atom. The van der Waals surface area contributed by atoms with E-state index in [0.717, 1.165) is 0 Å². The fourth-order valence-corrected chi connectivity index (χ4v) is 0.944. The summed E-state index contributed by atoms with van der Waals surface area (Å²) < 4.78 is 0. The van der Waals surface area contributed by atoms with Gasteiger partial charge in [-0.15, -0.1) is 6.58 Å². The highest BCUT2D eigenvalue weighted by atomic mass is 14.5. The molecule has 0 bridgehead atoms. The Labute approximate surface area is 82.0 Å². The van der Waals surface area contributed by atoms with Crippen LogP contribution < -0.4 is 5.73 Å². The SMILES string of the molecule is C=CC(C)(/C=C\C=C/N)C(C)(C)C. The van der Waals surface area contributed by atoms with Crippen molar-refractivity contribution in [2.75, 3.05) is 0 Å². The third-order valence-corrected chi connectivity index (χ3v) is 2.70. The summed E-state index contributed by atoms with van der Waals surface area (Å²) in [5, 5.41) is 0. The van der Waals surface area contributed by atoms with E-state index in [0.29, 0.717) is 0 Å². The normalized spacial score (nSPS) is 17.8. The van der Waals surface area contributed by atoms with Gasteiger partial charge >= 0.3 is 0 Å². The Morgan fingerprint density at radius 3 is 1.92 bits per heavy atom. The largest absolute Gasteiger partial charge is 0.405 e. The van der Waals surface area contributed by atoms with Gasteiger partial charge in [-0.05, 0) is 17.7 Å². The van der Waals surface area contributed by atoms with Crippen molar-refractivity contribution in [3.8, 4) is 0 Å². The smallest absolute Gasteiger partial charge is 0.00816 e. The summed E-state index contributed by atoms with van der Waals surface area (Å²) >= 11 is 0. The second kappa shape index (κ2) is 4.31. The molecule has 0 fully saturated rings. The second-order valence-electron chi connectivity index (χ2n) is 4.48. The molecule has 0 saturated carbocycles. The molecule has 0 rings (SSSR count). The summed E-state index contributed by atoms with van der Waals surface area (Å²) in [6, 6.07) is 0. The fourth-order valence-electron chi connectivity index (χ4n) is 0.944. The van der Waals surface area contributed by atoms with Crippen LogP contribution in [0.1, 0.15) is 27.7 Å². The van der Waals surface area contributed by atoms with Gasteiger partial charge in [-0.1, -0.05) is 45.9 Å². The summed E-state index contributed by atoms with van der Waals surface area (Å²) in [7, 11) is 0. The lowest BCUT2D eigenvalue weighted by atomic mass is 9.68. The maximum absolute atomic E-state index is 5.25. The first kappa shape index (κ1) is 12.0. The van der Waals surface area contributed by atoms with Crippen LogP contribution in [0.2, 0.25) is 0 Å². The maximum atomic E-state index is 5.25. The van der Waals surface area contributed by atoms with Gasteiger partial charge in [-0.2, -0.15) is 0 Å². The lowest BCUT2D eigenvalue weighted by Gasteiger charge is -2.36. The minimum Gasteiger partial charge on any atom is -0.405 e. The molecule has 0 aromatic carbocycles. The first-order chi connectivity index (χ1) is 5.87. The van der Waals surface area contributed by atoms with Crippen LogP contribution in [0.15, 0.2) is 37.1 Å². The minimum atomic E-state index is 0.00646. The average Bonchev–Trinajstić information content (AvgIpc) is 2.02. The van der Waals surface area contributed by atoms with Crippen molar-refractivity contribution in [2.45, 2.75) is 27.7 Å². The number of hydrogen-bond donors (Lipinski definition) is 1. The van der Waals surface area contributed by atoms with Crippen molar-refractivity contribution in [1.82, 2.24) is 0 Å². The average molecular weight is 179 g/mol. The molecule has 0 spiro atoms. The van der Waals surface area contributed by atoms with Crippen LogP contribution >= 0.6 is 0 Å². The molecule has 0 aliphatic heterocycles. The van der Waals surface area contributed by atoms with Crippen molar-refractivity contribution < 1.29 is 0 Å². The molecule has 0 aliphatic rings. The lowest BCUT2D eigenvalue weighted by Crippen LogP contribution is -2.28. The highest BCUT2D eigenvalue weighted by molar-refractivity contribution is 5.16. The quantitative estimate of drug-likeness (QED) is 0.522. The third kappa shape index (κ3) is 3.10. The molecule has 0 saturated heterocycles. The zero-order chi connectivity index (χ0) is 10.5. The van der Waals surface area contributed by atoms with Crippen molar-refractivity contribution in [1.29, 1.82) is 0 Å². The number of allylic oxidation sites excluding steroid dienone is 4. The van der Waals surface area contributed by atoms with E-state index >= 15 is 0 Å². The zero-order valence-corrected chi connectivity index (χ0v) is 9.17. The molecule has 1 atom stereocenters. The van der Waals surface area contributed by atoms with E-state index in [9.17, 15) is 0 Å². The van der Waals surface area contributed by atoms with Gasteiger partial charge in [0, 0.05) is 5.41 Å². The van der Waals surface area contributed by atoms with E-state index in [1.807, 2.05) is 18.2 Å². The van der Waals surface area contributed by atoms with Crippen LogP contribution in [0.4, 0.5) is 0 Å². The van der Waals surface area contributed by atoms with E-state index in [1.165, 1.54) is 6.20 Å². The van der Waals surface area contributed by atoms with E-state index < -0.39 is 0 Å². The Balaban J connectivity index is 4.75. The predicted molar refractivity (Wildman–Crippen MR) is 60.2 cm³/mol. The van der Waals surface area contributed by atoms with Crippen molar-refractivity contribution in [2.24, 2.45) is 16.6 Å². The Hall–Kier alpha value is -0.980. The Kier molecular flexibility index (Phi) is 3.99. The summed E-state index contributed by atoms with van der Waals surface area (Å²) in [5.74, 6) is 0. The summed E-state index contributed by atoms with van der Waals surface area (Å²) in [4.78, 5) is 0. The standard InChI is InChI=1S/C12H21N/c1-6-12(5,11(2,3)4)9-7-8-10-13/h6-10H,1,13H2,2-5H3/b9-7-,10-8-. The minimum absolute atomic E-state index is 0.00646. The van der Waals surface area contributed by atoms with Crippen LogP contribution in [-0.2, 0) is 0 Å². The molecular weight excluding hydrogens is 158 g/mol. The van der Waals surface area contributed by atoms with Gasteiger partial charge in [0.25, 0.3) is 0 Å². The van der Waals surface area contributed by atoms with Gasteiger partial charge in [-0.3, -0.25) is 0 Å². The van der Waals surface area contributed by atoms with Gasteiger partial charge in [0.2, 0.25) is 0 Å². The molecule has 0 heterocycles. The van der Waals surface area contributed by atoms with Gasteiger partial charge < -0.3 is 5.73 Å². The molecular formula is C12H21N. The van der Waals surface area contributed by atoms with Crippen molar-refractivity contribution in [3.05, 3.63) is 37.1 Å². The lowest BCUT2D eigenvalue weighted by molar-refractivity contribution is 0.228. The van der Waals surface area contributed by atoms with E-state index in [1.54, 1.807) is 0 Å². The van der Waals surface area contributed by atoms with E-state index in [2.05, 4.69) is 40.3 Å². The fraction of sp³-hybridized carbons (Fsp3) is 0.500. The highest BCUT2D eigenvalue weighted by Crippen LogP contribution is 2.40. The molecule has 0 radical (unpaired) electrons. The Bertz CT molecular complexity index is 218. The summed E-state index contributed by atoms with van der Waals surface area (Å²) in [5.41, 5.74) is 5.43. The molecule has 13 heavy (non-hydrogen) atoms. The summed E-state index contributed by atoms with van der Waals surface area (Å²) in [6.45, 7) is 12.6. The second-order valence-corrected chi connectivity index (χ2v) is 4.48. The zero-order valence-electron chi connectivity index (χ0n) is 9.17. The van der Waals surface area contributed by atoms with E-state index in [4.69, 9.17) is 5.73 Å². The third-order valence-electron chi connectivity index (χ3n) is 2.70. The van der Waals surface area contributed by atoms with Gasteiger partial charge in [0.1, 0.15) is 0 Å². The van der Waals surface area contributed by atoms with Crippen LogP contribution in [0.3, 0.4) is 0 Å². The van der Waals surface area contributed by atoms with Crippen molar-refractivity contribution >= 4 is 0 Å². The van der Waals surface area contributed by atoms with Crippen LogP contribution in [0.5, 0.6) is 0 Å². The van der Waals surface area contributed by atoms with Crippen LogP contribution in [0.25, 0.3) is 0 Å². The van der Waals surface area contributed by atoms with E-state index in [-0.39, 0.29) is 10.8 Å². The van der Waals surface area contributed by atoms with Crippen LogP contribution in [0, 0.1) is 10.8 Å². The predicted octanol–water partition coefficient (Wildman–Crippen LogP) is 3.25. The topological polar surface area (TPSA) is 26.0 Å². The number of hydrogen-bond acceptors (Lipinski definition) is 1. The highest BCUT2D eigenvalue weighted by Gasteiger charge is 2.31. The maximum Gasteiger partial charge on any atom is 0.00816 e. The van der Waals surface area contributed by atoms with Gasteiger partial charge in [-0.25, -0.2) is 0 Å². The first-order valence-corrected chi connectivity index (χ1v) is 4.57. The molecule has 0 aromatic rings. The van der Waals surface area contributed by atoms with Gasteiger partial charge in [0.05, 0.1) is 0 Å². The van der Waals surface area contributed by atoms with Gasteiger partial charge in [0.15, 0.2) is 0 Å². The number of rotatable bonds is 3. The monoisotopic (exact) mass is 179 g/mol. The molecule has 0 amide bonds. The molecule has 2 N–H and O–H groups in total. The molecule has 0 aromatic heterocycles. The first-order valence-electron chi connectivity index (χ1n) is 4.57. The molecule has 1 heteroatoms. The molecule has 0 aliphatic carbocycles. The van der Waals surface area contributed by atoms with Crippen LogP contribution in [-0.4, -0.2) is 0 Å². The Morgan fingerprint density at radius 2 is 1.62 bits per heavy atom. The molecule has 1 unspecified atom stereocenters.